The Morgan fingerprint density at radius 3 is 2.75 bits per heavy atom. The van der Waals surface area contributed by atoms with Crippen molar-refractivity contribution in [3.05, 3.63) is 11.9 Å². The fourth-order valence-corrected chi connectivity index (χ4v) is 2.31. The third-order valence-electron chi connectivity index (χ3n) is 3.24. The fourth-order valence-electron chi connectivity index (χ4n) is 2.31. The number of rotatable bonds is 4. The molecule has 2 heterocycles. The lowest BCUT2D eigenvalue weighted by Gasteiger charge is -2.31. The molecule has 1 aromatic heterocycles. The first-order valence-corrected chi connectivity index (χ1v) is 6.16. The minimum Gasteiger partial charge on any atom is -0.325 e. The summed E-state index contributed by atoms with van der Waals surface area (Å²) in [6.45, 7) is 6.29. The molecule has 0 bridgehead atoms. The van der Waals surface area contributed by atoms with Gasteiger partial charge in [0.2, 0.25) is 0 Å². The second-order valence-electron chi connectivity index (χ2n) is 4.47. The third kappa shape index (κ3) is 2.59. The second-order valence-corrected chi connectivity index (χ2v) is 4.47. The Balaban J connectivity index is 1.88. The van der Waals surface area contributed by atoms with Crippen LogP contribution >= 0.6 is 0 Å². The molecule has 2 rings (SSSR count). The molecule has 0 unspecified atom stereocenters. The largest absolute Gasteiger partial charge is 0.325 e. The average Bonchev–Trinajstić information content (AvgIpc) is 2.79. The zero-order chi connectivity index (χ0) is 11.4. The highest BCUT2D eigenvalue weighted by Crippen LogP contribution is 2.21. The van der Waals surface area contributed by atoms with Crippen LogP contribution in [0.25, 0.3) is 0 Å². The highest BCUT2D eigenvalue weighted by atomic mass is 15.4. The molecule has 90 valence electrons. The normalized spacial score (nSPS) is 19.1. The van der Waals surface area contributed by atoms with Crippen LogP contribution in [-0.4, -0.2) is 39.5 Å². The Morgan fingerprint density at radius 2 is 2.19 bits per heavy atom. The molecule has 1 saturated heterocycles. The Kier molecular flexibility index (Phi) is 3.90. The molecule has 5 heteroatoms. The zero-order valence-electron chi connectivity index (χ0n) is 9.97. The van der Waals surface area contributed by atoms with Crippen LogP contribution < -0.4 is 5.73 Å². The number of aromatic nitrogens is 3. The summed E-state index contributed by atoms with van der Waals surface area (Å²) in [6, 6.07) is 0.515. The van der Waals surface area contributed by atoms with Crippen molar-refractivity contribution in [2.75, 3.05) is 19.6 Å². The molecule has 0 amide bonds. The molecule has 0 radical (unpaired) electrons. The summed E-state index contributed by atoms with van der Waals surface area (Å²) in [5.41, 5.74) is 6.42. The van der Waals surface area contributed by atoms with Crippen LogP contribution in [0.15, 0.2) is 6.20 Å². The summed E-state index contributed by atoms with van der Waals surface area (Å²) in [4.78, 5) is 2.53. The van der Waals surface area contributed by atoms with Crippen LogP contribution in [0.1, 0.15) is 37.9 Å². The molecular weight excluding hydrogens is 202 g/mol. The SMILES string of the molecule is CCCN1CCC(n2cc(CN)nn2)CC1. The van der Waals surface area contributed by atoms with E-state index in [2.05, 4.69) is 22.1 Å². The minimum absolute atomic E-state index is 0.481. The van der Waals surface area contributed by atoms with E-state index in [9.17, 15) is 0 Å². The quantitative estimate of drug-likeness (QED) is 0.819. The van der Waals surface area contributed by atoms with Crippen LogP contribution in [0, 0.1) is 0 Å². The van der Waals surface area contributed by atoms with Gasteiger partial charge in [-0.3, -0.25) is 0 Å². The van der Waals surface area contributed by atoms with E-state index in [1.165, 1.54) is 38.9 Å². The van der Waals surface area contributed by atoms with Gasteiger partial charge in [-0.15, -0.1) is 5.10 Å². The van der Waals surface area contributed by atoms with Crippen LogP contribution in [-0.2, 0) is 6.54 Å². The molecule has 16 heavy (non-hydrogen) atoms. The molecule has 1 aromatic rings. The van der Waals surface area contributed by atoms with Gasteiger partial charge in [0, 0.05) is 19.6 Å². The molecule has 1 fully saturated rings. The predicted octanol–water partition coefficient (Wildman–Crippen LogP) is 0.784. The van der Waals surface area contributed by atoms with E-state index in [1.807, 2.05) is 10.9 Å². The van der Waals surface area contributed by atoms with Gasteiger partial charge in [-0.05, 0) is 25.8 Å². The van der Waals surface area contributed by atoms with Crippen molar-refractivity contribution in [1.29, 1.82) is 0 Å². The van der Waals surface area contributed by atoms with E-state index in [4.69, 9.17) is 5.73 Å². The maximum Gasteiger partial charge on any atom is 0.0962 e. The number of nitrogens with two attached hydrogens (primary N) is 1. The maximum atomic E-state index is 5.53. The number of nitrogens with zero attached hydrogens (tertiary/aromatic N) is 4. The Morgan fingerprint density at radius 1 is 1.44 bits per heavy atom. The number of hydrogen-bond donors (Lipinski definition) is 1. The average molecular weight is 223 g/mol. The molecule has 0 spiro atoms. The van der Waals surface area contributed by atoms with Crippen LogP contribution in [0.4, 0.5) is 0 Å². The van der Waals surface area contributed by atoms with Gasteiger partial charge in [-0.1, -0.05) is 12.1 Å². The number of hydrogen-bond acceptors (Lipinski definition) is 4. The summed E-state index contributed by atoms with van der Waals surface area (Å²) in [7, 11) is 0. The van der Waals surface area contributed by atoms with E-state index in [-0.39, 0.29) is 0 Å². The molecular formula is C11H21N5. The molecule has 2 N–H and O–H groups in total. The Bertz CT molecular complexity index is 314. The highest BCUT2D eigenvalue weighted by molar-refractivity contribution is 4.92. The van der Waals surface area contributed by atoms with Gasteiger partial charge in [0.25, 0.3) is 0 Å². The van der Waals surface area contributed by atoms with Crippen molar-refractivity contribution in [1.82, 2.24) is 19.9 Å². The Hall–Kier alpha value is -0.940. The van der Waals surface area contributed by atoms with Gasteiger partial charge in [0.15, 0.2) is 0 Å². The van der Waals surface area contributed by atoms with Crippen LogP contribution in [0.3, 0.4) is 0 Å². The summed E-state index contributed by atoms with van der Waals surface area (Å²) in [5, 5.41) is 8.19. The van der Waals surface area contributed by atoms with Gasteiger partial charge in [-0.25, -0.2) is 4.68 Å². The highest BCUT2D eigenvalue weighted by Gasteiger charge is 2.20. The topological polar surface area (TPSA) is 60.0 Å². The monoisotopic (exact) mass is 223 g/mol. The van der Waals surface area contributed by atoms with Crippen molar-refractivity contribution in [2.24, 2.45) is 5.73 Å². The lowest BCUT2D eigenvalue weighted by Crippen LogP contribution is -2.35. The lowest BCUT2D eigenvalue weighted by molar-refractivity contribution is 0.179. The predicted molar refractivity (Wildman–Crippen MR) is 62.9 cm³/mol. The molecule has 0 aliphatic carbocycles. The first-order chi connectivity index (χ1) is 7.83. The van der Waals surface area contributed by atoms with Gasteiger partial charge < -0.3 is 10.6 Å². The third-order valence-corrected chi connectivity index (χ3v) is 3.24. The van der Waals surface area contributed by atoms with Crippen molar-refractivity contribution >= 4 is 0 Å². The van der Waals surface area contributed by atoms with E-state index in [0.717, 1.165) is 5.69 Å². The molecule has 0 aromatic carbocycles. The van der Waals surface area contributed by atoms with Crippen LogP contribution in [0.5, 0.6) is 0 Å². The zero-order valence-corrected chi connectivity index (χ0v) is 9.97. The van der Waals surface area contributed by atoms with E-state index in [0.29, 0.717) is 12.6 Å². The van der Waals surface area contributed by atoms with Gasteiger partial charge in [0.05, 0.1) is 17.9 Å². The molecule has 5 nitrogen and oxygen atoms in total. The van der Waals surface area contributed by atoms with Gasteiger partial charge >= 0.3 is 0 Å². The summed E-state index contributed by atoms with van der Waals surface area (Å²) in [6.07, 6.45) is 5.58. The summed E-state index contributed by atoms with van der Waals surface area (Å²) < 4.78 is 1.99. The standard InChI is InChI=1S/C11H21N5/c1-2-5-15-6-3-11(4-7-15)16-9-10(8-12)13-14-16/h9,11H,2-8,12H2,1H3. The van der Waals surface area contributed by atoms with Gasteiger partial charge in [0.1, 0.15) is 0 Å². The summed E-state index contributed by atoms with van der Waals surface area (Å²) in [5.74, 6) is 0. The number of likely N-dealkylation sites (tertiary alicyclic amines) is 1. The van der Waals surface area contributed by atoms with Crippen LogP contribution in [0.2, 0.25) is 0 Å². The smallest absolute Gasteiger partial charge is 0.0962 e. The Labute approximate surface area is 96.6 Å². The molecule has 1 aliphatic heterocycles. The lowest BCUT2D eigenvalue weighted by atomic mass is 10.1. The summed E-state index contributed by atoms with van der Waals surface area (Å²) >= 11 is 0. The molecule has 1 aliphatic rings. The second kappa shape index (κ2) is 5.41. The molecule has 0 saturated carbocycles. The molecule has 0 atom stereocenters. The van der Waals surface area contributed by atoms with E-state index in [1.54, 1.807) is 0 Å². The van der Waals surface area contributed by atoms with E-state index < -0.39 is 0 Å². The van der Waals surface area contributed by atoms with E-state index >= 15 is 0 Å². The number of piperidine rings is 1. The first kappa shape index (κ1) is 11.5. The fraction of sp³-hybridized carbons (Fsp3) is 0.818. The maximum absolute atomic E-state index is 5.53. The van der Waals surface area contributed by atoms with Crippen molar-refractivity contribution in [3.8, 4) is 0 Å². The first-order valence-electron chi connectivity index (χ1n) is 6.16. The van der Waals surface area contributed by atoms with Crippen molar-refractivity contribution < 1.29 is 0 Å². The van der Waals surface area contributed by atoms with Gasteiger partial charge in [-0.2, -0.15) is 0 Å². The minimum atomic E-state index is 0.481. The van der Waals surface area contributed by atoms with Crippen molar-refractivity contribution in [3.63, 3.8) is 0 Å². The van der Waals surface area contributed by atoms with Crippen molar-refractivity contribution in [2.45, 2.75) is 38.8 Å².